The van der Waals surface area contributed by atoms with Gasteiger partial charge in [0.25, 0.3) is 12.3 Å². The molecule has 1 aromatic rings. The van der Waals surface area contributed by atoms with Gasteiger partial charge in [-0.1, -0.05) is 0 Å². The number of carbonyl (C=O) groups excluding carboxylic acids is 1. The zero-order valence-electron chi connectivity index (χ0n) is 12.8. The summed E-state index contributed by atoms with van der Waals surface area (Å²) in [6.45, 7) is 2.06. The molecule has 22 heavy (non-hydrogen) atoms. The molecule has 122 valence electrons. The Morgan fingerprint density at radius 2 is 1.91 bits per heavy atom. The van der Waals surface area contributed by atoms with Crippen LogP contribution < -0.4 is 9.47 Å². The maximum absolute atomic E-state index is 12.7. The number of amides is 1. The molecule has 0 spiro atoms. The molecule has 0 aromatic heterocycles. The van der Waals surface area contributed by atoms with Crippen LogP contribution in [0.5, 0.6) is 11.5 Å². The van der Waals surface area contributed by atoms with Crippen molar-refractivity contribution in [3.05, 3.63) is 23.3 Å². The van der Waals surface area contributed by atoms with E-state index in [1.165, 1.54) is 19.1 Å². The molecule has 7 heteroatoms. The summed E-state index contributed by atoms with van der Waals surface area (Å²) in [5.41, 5.74) is 1.11. The van der Waals surface area contributed by atoms with E-state index in [2.05, 4.69) is 0 Å². The van der Waals surface area contributed by atoms with Crippen LogP contribution in [-0.2, 0) is 4.74 Å². The maximum atomic E-state index is 12.7. The van der Waals surface area contributed by atoms with Crippen molar-refractivity contribution < 1.29 is 27.8 Å². The summed E-state index contributed by atoms with van der Waals surface area (Å²) in [5, 5.41) is 0. The quantitative estimate of drug-likeness (QED) is 0.854. The van der Waals surface area contributed by atoms with Gasteiger partial charge in [0.1, 0.15) is 17.6 Å². The minimum Gasteiger partial charge on any atom is -0.496 e. The number of hydrogen-bond acceptors (Lipinski definition) is 4. The second kappa shape index (κ2) is 6.91. The van der Waals surface area contributed by atoms with Crippen LogP contribution in [0.25, 0.3) is 0 Å². The van der Waals surface area contributed by atoms with Gasteiger partial charge in [0, 0.05) is 17.7 Å². The van der Waals surface area contributed by atoms with Gasteiger partial charge in [-0.15, -0.1) is 0 Å². The highest BCUT2D eigenvalue weighted by atomic mass is 19.3. The Hall–Kier alpha value is -1.89. The lowest BCUT2D eigenvalue weighted by molar-refractivity contribution is -0.0942. The average molecular weight is 315 g/mol. The van der Waals surface area contributed by atoms with Crippen LogP contribution in [0.2, 0.25) is 0 Å². The molecule has 0 radical (unpaired) electrons. The van der Waals surface area contributed by atoms with E-state index < -0.39 is 12.5 Å². The van der Waals surface area contributed by atoms with Crippen molar-refractivity contribution in [3.8, 4) is 11.5 Å². The van der Waals surface area contributed by atoms with Gasteiger partial charge in [-0.3, -0.25) is 4.79 Å². The number of benzene rings is 1. The first-order valence-electron chi connectivity index (χ1n) is 6.89. The van der Waals surface area contributed by atoms with Crippen molar-refractivity contribution in [2.45, 2.75) is 19.5 Å². The Labute approximate surface area is 127 Å². The minimum absolute atomic E-state index is 0.0981. The molecule has 5 nitrogen and oxygen atoms in total. The van der Waals surface area contributed by atoms with E-state index in [-0.39, 0.29) is 25.6 Å². The molecule has 1 unspecified atom stereocenters. The van der Waals surface area contributed by atoms with Gasteiger partial charge < -0.3 is 19.1 Å². The largest absolute Gasteiger partial charge is 0.496 e. The van der Waals surface area contributed by atoms with Gasteiger partial charge in [0.05, 0.1) is 27.4 Å². The molecule has 1 atom stereocenters. The van der Waals surface area contributed by atoms with Crippen LogP contribution in [0, 0.1) is 6.92 Å². The normalized spacial score (nSPS) is 18.5. The third-order valence-corrected chi connectivity index (χ3v) is 3.66. The van der Waals surface area contributed by atoms with E-state index in [4.69, 9.17) is 14.2 Å². The molecule has 1 fully saturated rings. The number of methoxy groups -OCH3 is 2. The maximum Gasteiger partial charge on any atom is 0.266 e. The first kappa shape index (κ1) is 16.5. The summed E-state index contributed by atoms with van der Waals surface area (Å²) < 4.78 is 40.9. The number of alkyl halides is 2. The molecule has 1 aromatic carbocycles. The lowest BCUT2D eigenvalue weighted by Crippen LogP contribution is -2.48. The van der Waals surface area contributed by atoms with Crippen LogP contribution in [0.4, 0.5) is 8.78 Å². The number of morpholine rings is 1. The summed E-state index contributed by atoms with van der Waals surface area (Å²) in [6.07, 6.45) is -3.86. The predicted molar refractivity (Wildman–Crippen MR) is 75.9 cm³/mol. The van der Waals surface area contributed by atoms with Crippen molar-refractivity contribution in [2.24, 2.45) is 0 Å². The van der Waals surface area contributed by atoms with E-state index in [9.17, 15) is 13.6 Å². The van der Waals surface area contributed by atoms with Crippen molar-refractivity contribution in [1.29, 1.82) is 0 Å². The Morgan fingerprint density at radius 3 is 2.41 bits per heavy atom. The number of halogens is 2. The first-order chi connectivity index (χ1) is 10.5. The Morgan fingerprint density at radius 1 is 1.32 bits per heavy atom. The van der Waals surface area contributed by atoms with Crippen molar-refractivity contribution in [1.82, 2.24) is 4.90 Å². The molecule has 0 bridgehead atoms. The molecular formula is C15H19F2NO4. The van der Waals surface area contributed by atoms with E-state index in [0.29, 0.717) is 17.1 Å². The molecule has 1 amide bonds. The summed E-state index contributed by atoms with van der Waals surface area (Å²) in [7, 11) is 3.00. The number of carbonyl (C=O) groups is 1. The van der Waals surface area contributed by atoms with E-state index >= 15 is 0 Å². The Bertz CT molecular complexity index is 525. The first-order valence-corrected chi connectivity index (χ1v) is 6.89. The average Bonchev–Trinajstić information content (AvgIpc) is 2.54. The lowest BCUT2D eigenvalue weighted by Gasteiger charge is -2.32. The standard InChI is InChI=1S/C15H19F2NO4/c1-9-11(20-2)6-10(7-12(9)21-3)15(19)18-4-5-22-13(8-18)14(16)17/h6-7,13-14H,4-5,8H2,1-3H3. The molecule has 0 N–H and O–H groups in total. The van der Waals surface area contributed by atoms with Gasteiger partial charge in [0.15, 0.2) is 0 Å². The number of nitrogens with zero attached hydrogens (tertiary/aromatic N) is 1. The fourth-order valence-electron chi connectivity index (χ4n) is 2.40. The van der Waals surface area contributed by atoms with E-state index in [0.717, 1.165) is 5.56 Å². The summed E-state index contributed by atoms with van der Waals surface area (Å²) >= 11 is 0. The number of ether oxygens (including phenoxy) is 3. The SMILES string of the molecule is COc1cc(C(=O)N2CCOC(C(F)F)C2)cc(OC)c1C. The molecule has 1 saturated heterocycles. The van der Waals surface area contributed by atoms with E-state index in [1.807, 2.05) is 6.92 Å². The molecule has 0 aliphatic carbocycles. The Balaban J connectivity index is 2.25. The lowest BCUT2D eigenvalue weighted by atomic mass is 10.1. The highest BCUT2D eigenvalue weighted by molar-refractivity contribution is 5.95. The molecule has 1 aliphatic heterocycles. The zero-order chi connectivity index (χ0) is 16.3. The minimum atomic E-state index is -2.61. The third-order valence-electron chi connectivity index (χ3n) is 3.66. The zero-order valence-corrected chi connectivity index (χ0v) is 12.8. The summed E-state index contributed by atoms with van der Waals surface area (Å²) in [4.78, 5) is 13.9. The molecule has 1 heterocycles. The highest BCUT2D eigenvalue weighted by Gasteiger charge is 2.31. The van der Waals surface area contributed by atoms with Gasteiger partial charge in [0.2, 0.25) is 0 Å². The van der Waals surface area contributed by atoms with Gasteiger partial charge in [-0.05, 0) is 19.1 Å². The van der Waals surface area contributed by atoms with Crippen molar-refractivity contribution in [3.63, 3.8) is 0 Å². The van der Waals surface area contributed by atoms with Crippen LogP contribution in [0.15, 0.2) is 12.1 Å². The smallest absolute Gasteiger partial charge is 0.266 e. The van der Waals surface area contributed by atoms with Gasteiger partial charge in [-0.25, -0.2) is 8.78 Å². The second-order valence-corrected chi connectivity index (χ2v) is 5.00. The summed E-state index contributed by atoms with van der Waals surface area (Å²) in [5.74, 6) is 0.688. The molecular weight excluding hydrogens is 296 g/mol. The predicted octanol–water partition coefficient (Wildman–Crippen LogP) is 2.12. The molecule has 2 rings (SSSR count). The van der Waals surface area contributed by atoms with Crippen LogP contribution >= 0.6 is 0 Å². The van der Waals surface area contributed by atoms with Crippen molar-refractivity contribution in [2.75, 3.05) is 33.9 Å². The topological polar surface area (TPSA) is 48.0 Å². The fourth-order valence-corrected chi connectivity index (χ4v) is 2.40. The molecule has 0 saturated carbocycles. The van der Waals surface area contributed by atoms with Gasteiger partial charge in [-0.2, -0.15) is 0 Å². The highest BCUT2D eigenvalue weighted by Crippen LogP contribution is 2.30. The summed E-state index contributed by atoms with van der Waals surface area (Å²) in [6, 6.07) is 3.18. The van der Waals surface area contributed by atoms with Gasteiger partial charge >= 0.3 is 0 Å². The third kappa shape index (κ3) is 3.30. The van der Waals surface area contributed by atoms with E-state index in [1.54, 1.807) is 12.1 Å². The second-order valence-electron chi connectivity index (χ2n) is 5.00. The van der Waals surface area contributed by atoms with Crippen molar-refractivity contribution >= 4 is 5.91 Å². The Kier molecular flexibility index (Phi) is 5.18. The van der Waals surface area contributed by atoms with Crippen LogP contribution in [0.3, 0.4) is 0 Å². The van der Waals surface area contributed by atoms with Crippen LogP contribution in [0.1, 0.15) is 15.9 Å². The number of hydrogen-bond donors (Lipinski definition) is 0. The number of rotatable bonds is 4. The van der Waals surface area contributed by atoms with Crippen LogP contribution in [-0.4, -0.2) is 57.3 Å². The fraction of sp³-hybridized carbons (Fsp3) is 0.533. The monoisotopic (exact) mass is 315 g/mol. The molecule has 1 aliphatic rings.